The van der Waals surface area contributed by atoms with Gasteiger partial charge in [0.05, 0.1) is 17.5 Å². The fourth-order valence-electron chi connectivity index (χ4n) is 3.94. The van der Waals surface area contributed by atoms with Crippen molar-refractivity contribution >= 4 is 32.6 Å². The fraction of sp³-hybridized carbons (Fsp3) is 0.318. The Balaban J connectivity index is 2.03. The summed E-state index contributed by atoms with van der Waals surface area (Å²) in [5, 5.41) is 2.32. The van der Waals surface area contributed by atoms with Crippen LogP contribution in [0.1, 0.15) is 33.0 Å². The number of nitrogens with zero attached hydrogens (tertiary/aromatic N) is 2. The number of carbonyl (C=O) groups excluding carboxylic acids is 1. The van der Waals surface area contributed by atoms with Crippen LogP contribution in [-0.4, -0.2) is 52.6 Å². The molecular weight excluding hydrogens is 421 g/mol. The molecule has 1 aliphatic rings. The molecule has 0 radical (unpaired) electrons. The van der Waals surface area contributed by atoms with Crippen molar-refractivity contribution < 1.29 is 26.1 Å². The Morgan fingerprint density at radius 3 is 2.61 bits per heavy atom. The van der Waals surface area contributed by atoms with Gasteiger partial charge in [0.2, 0.25) is 10.0 Å². The second-order valence-electron chi connectivity index (χ2n) is 7.67. The first-order valence-electron chi connectivity index (χ1n) is 11.1. The van der Waals surface area contributed by atoms with E-state index in [1.165, 1.54) is 28.6 Å². The Labute approximate surface area is 184 Å². The normalized spacial score (nSPS) is 19.3. The van der Waals surface area contributed by atoms with Crippen LogP contribution in [0.15, 0.2) is 40.8 Å². The number of sulfonamides is 1. The number of anilines is 1. The molecule has 1 aliphatic heterocycles. The predicted octanol–water partition coefficient (Wildman–Crippen LogP) is 3.37. The Kier molecular flexibility index (Phi) is 4.38. The van der Waals surface area contributed by atoms with Gasteiger partial charge in [-0.1, -0.05) is 0 Å². The van der Waals surface area contributed by atoms with Crippen LogP contribution in [0.4, 0.5) is 10.1 Å². The molecule has 1 atom stereocenters. The molecule has 1 aromatic heterocycles. The van der Waals surface area contributed by atoms with Crippen LogP contribution in [-0.2, 0) is 10.0 Å². The first-order valence-corrected chi connectivity index (χ1v) is 11.5. The quantitative estimate of drug-likeness (QED) is 0.664. The minimum absolute atomic E-state index is 0.0226. The molecular formula is C22H24FN3O4S. The van der Waals surface area contributed by atoms with Gasteiger partial charge in [-0.3, -0.25) is 14.0 Å². The highest BCUT2D eigenvalue weighted by Crippen LogP contribution is 2.41. The number of furan rings is 1. The molecule has 0 saturated heterocycles. The SMILES string of the molecule is [2H]C([2H])([2H])NC(=O)c1c(-c2ccc(F)cc2)oc2cc3c(cc12)C(C)N(C)CCN3S(C)(=O)=O. The number of nitrogens with one attached hydrogen (secondary N) is 1. The van der Waals surface area contributed by atoms with E-state index in [1.807, 2.05) is 24.2 Å². The van der Waals surface area contributed by atoms with E-state index in [-0.39, 0.29) is 29.5 Å². The molecule has 3 aromatic rings. The van der Waals surface area contributed by atoms with Crippen molar-refractivity contribution in [2.45, 2.75) is 13.0 Å². The maximum Gasteiger partial charge on any atom is 0.255 e. The molecule has 0 aliphatic carbocycles. The molecule has 9 heteroatoms. The highest BCUT2D eigenvalue weighted by atomic mass is 32.2. The summed E-state index contributed by atoms with van der Waals surface area (Å²) in [6.45, 7) is -0.111. The number of hydrogen-bond acceptors (Lipinski definition) is 5. The van der Waals surface area contributed by atoms with Crippen LogP contribution in [0.5, 0.6) is 0 Å². The number of rotatable bonds is 3. The minimum atomic E-state index is -3.61. The van der Waals surface area contributed by atoms with Gasteiger partial charge in [0.25, 0.3) is 5.91 Å². The zero-order chi connectivity index (χ0) is 25.0. The van der Waals surface area contributed by atoms with Gasteiger partial charge >= 0.3 is 0 Å². The molecule has 1 unspecified atom stereocenters. The van der Waals surface area contributed by atoms with Crippen molar-refractivity contribution in [1.82, 2.24) is 10.2 Å². The predicted molar refractivity (Wildman–Crippen MR) is 118 cm³/mol. The van der Waals surface area contributed by atoms with Crippen molar-refractivity contribution in [1.29, 1.82) is 0 Å². The van der Waals surface area contributed by atoms with Gasteiger partial charge in [-0.15, -0.1) is 0 Å². The van der Waals surface area contributed by atoms with Gasteiger partial charge < -0.3 is 9.73 Å². The summed E-state index contributed by atoms with van der Waals surface area (Å²) in [7, 11) is -1.74. The fourth-order valence-corrected chi connectivity index (χ4v) is 4.87. The third-order valence-electron chi connectivity index (χ3n) is 5.72. The van der Waals surface area contributed by atoms with E-state index in [0.717, 1.165) is 6.26 Å². The molecule has 4 rings (SSSR count). The molecule has 0 fully saturated rings. The van der Waals surface area contributed by atoms with E-state index in [4.69, 9.17) is 8.53 Å². The van der Waals surface area contributed by atoms with E-state index >= 15 is 0 Å². The van der Waals surface area contributed by atoms with Gasteiger partial charge in [0.15, 0.2) is 0 Å². The Morgan fingerprint density at radius 2 is 1.97 bits per heavy atom. The van der Waals surface area contributed by atoms with Crippen molar-refractivity contribution in [2.24, 2.45) is 0 Å². The first kappa shape index (κ1) is 17.7. The van der Waals surface area contributed by atoms with E-state index in [0.29, 0.717) is 28.7 Å². The monoisotopic (exact) mass is 448 g/mol. The Bertz CT molecular complexity index is 1370. The lowest BCUT2D eigenvalue weighted by Gasteiger charge is -2.23. The summed E-state index contributed by atoms with van der Waals surface area (Å²) < 4.78 is 68.3. The molecule has 7 nitrogen and oxygen atoms in total. The second-order valence-corrected chi connectivity index (χ2v) is 9.57. The van der Waals surface area contributed by atoms with Crippen LogP contribution in [0.25, 0.3) is 22.3 Å². The van der Waals surface area contributed by atoms with Gasteiger partial charge in [-0.2, -0.15) is 0 Å². The number of halogens is 1. The topological polar surface area (TPSA) is 82.9 Å². The summed E-state index contributed by atoms with van der Waals surface area (Å²) in [5.74, 6) is -1.31. The highest BCUT2D eigenvalue weighted by molar-refractivity contribution is 7.92. The van der Waals surface area contributed by atoms with Gasteiger partial charge in [-0.05, 0) is 49.9 Å². The average molecular weight is 449 g/mol. The maximum absolute atomic E-state index is 13.5. The zero-order valence-electron chi connectivity index (χ0n) is 20.3. The summed E-state index contributed by atoms with van der Waals surface area (Å²) in [5.41, 5.74) is 1.62. The molecule has 164 valence electrons. The number of carbonyl (C=O) groups is 1. The number of hydrogen-bond donors (Lipinski definition) is 1. The van der Waals surface area contributed by atoms with Gasteiger partial charge in [-0.25, -0.2) is 12.8 Å². The van der Waals surface area contributed by atoms with Crippen LogP contribution in [0.2, 0.25) is 0 Å². The Hall–Kier alpha value is -2.91. The summed E-state index contributed by atoms with van der Waals surface area (Å²) in [6, 6.07) is 8.26. The van der Waals surface area contributed by atoms with Crippen LogP contribution in [0.3, 0.4) is 0 Å². The number of likely N-dealkylation sites (N-methyl/N-ethyl adjacent to an activating group) is 1. The molecule has 1 amide bonds. The molecule has 1 N–H and O–H groups in total. The van der Waals surface area contributed by atoms with Gasteiger partial charge in [0, 0.05) is 47.2 Å². The third-order valence-corrected chi connectivity index (χ3v) is 6.90. The molecule has 0 spiro atoms. The smallest absolute Gasteiger partial charge is 0.255 e. The standard InChI is InChI=1S/C22H24FN3O4S/c1-13-16-11-17-19(12-18(16)26(31(4,28)29)10-9-25(13)3)30-21(20(17)22(27)24-2)14-5-7-15(23)8-6-14/h5-8,11-13H,9-10H2,1-4H3,(H,24,27)/i2D3. The molecule has 0 saturated carbocycles. The van der Waals surface area contributed by atoms with Crippen molar-refractivity contribution in [3.8, 4) is 11.3 Å². The first-order chi connectivity index (χ1) is 15.8. The molecule has 2 heterocycles. The number of amides is 1. The lowest BCUT2D eigenvalue weighted by Crippen LogP contribution is -2.34. The molecule has 0 bridgehead atoms. The summed E-state index contributed by atoms with van der Waals surface area (Å²) in [4.78, 5) is 15.1. The van der Waals surface area contributed by atoms with Gasteiger partial charge in [0.1, 0.15) is 17.2 Å². The van der Waals surface area contributed by atoms with Crippen LogP contribution < -0.4 is 9.62 Å². The number of benzene rings is 2. The van der Waals surface area contributed by atoms with Crippen molar-refractivity contribution in [3.05, 3.63) is 53.3 Å². The van der Waals surface area contributed by atoms with Crippen LogP contribution >= 0.6 is 0 Å². The van der Waals surface area contributed by atoms with E-state index in [9.17, 15) is 17.6 Å². The maximum atomic E-state index is 13.5. The minimum Gasteiger partial charge on any atom is -0.455 e. The second kappa shape index (κ2) is 7.65. The third kappa shape index (κ3) is 3.68. The zero-order valence-corrected chi connectivity index (χ0v) is 18.1. The van der Waals surface area contributed by atoms with E-state index in [2.05, 4.69) is 0 Å². The highest BCUT2D eigenvalue weighted by Gasteiger charge is 2.31. The largest absolute Gasteiger partial charge is 0.455 e. The average Bonchev–Trinajstić information content (AvgIpc) is 3.03. The Morgan fingerprint density at radius 1 is 1.26 bits per heavy atom. The van der Waals surface area contributed by atoms with E-state index in [1.54, 1.807) is 12.1 Å². The molecule has 31 heavy (non-hydrogen) atoms. The number of fused-ring (bicyclic) bond motifs is 2. The summed E-state index contributed by atoms with van der Waals surface area (Å²) >= 11 is 0. The van der Waals surface area contributed by atoms with E-state index < -0.39 is 28.7 Å². The van der Waals surface area contributed by atoms with Crippen molar-refractivity contribution in [2.75, 3.05) is 37.7 Å². The van der Waals surface area contributed by atoms with Crippen LogP contribution in [0, 0.1) is 5.82 Å². The van der Waals surface area contributed by atoms with Crippen molar-refractivity contribution in [3.63, 3.8) is 0 Å². The lowest BCUT2D eigenvalue weighted by atomic mass is 9.99. The molecule has 2 aromatic carbocycles. The lowest BCUT2D eigenvalue weighted by molar-refractivity contribution is 0.0964. The summed E-state index contributed by atoms with van der Waals surface area (Å²) in [6.07, 6.45) is 1.12.